The molecule has 2 fully saturated rings. The summed E-state index contributed by atoms with van der Waals surface area (Å²) in [6.07, 6.45) is 5.73. The monoisotopic (exact) mass is 409 g/mol. The lowest BCUT2D eigenvalue weighted by Gasteiger charge is -2.39. The van der Waals surface area contributed by atoms with Crippen LogP contribution in [0.1, 0.15) is 43.4 Å². The molecule has 0 radical (unpaired) electrons. The summed E-state index contributed by atoms with van der Waals surface area (Å²) < 4.78 is 33.6. The maximum Gasteiger partial charge on any atom is 0.252 e. The normalized spacial score (nSPS) is 21.0. The molecular formula is C19H27N3O3S2. The zero-order chi connectivity index (χ0) is 19.0. The van der Waals surface area contributed by atoms with Crippen LogP contribution in [0.2, 0.25) is 0 Å². The number of hydrogen-bond donors (Lipinski definition) is 0. The summed E-state index contributed by atoms with van der Waals surface area (Å²) in [6.45, 7) is 7.39. The third-order valence-electron chi connectivity index (χ3n) is 5.89. The van der Waals surface area contributed by atoms with Crippen LogP contribution in [0.5, 0.6) is 0 Å². The average molecular weight is 410 g/mol. The largest absolute Gasteiger partial charge is 0.355 e. The highest BCUT2D eigenvalue weighted by atomic mass is 32.2. The lowest BCUT2D eigenvalue weighted by Crippen LogP contribution is -2.48. The van der Waals surface area contributed by atoms with E-state index in [1.54, 1.807) is 10.4 Å². The summed E-state index contributed by atoms with van der Waals surface area (Å²) in [4.78, 5) is 3.38. The van der Waals surface area contributed by atoms with E-state index in [-0.39, 0.29) is 0 Å². The minimum atomic E-state index is -3.44. The Hall–Kier alpha value is -1.22. The van der Waals surface area contributed by atoms with Crippen LogP contribution in [0.3, 0.4) is 0 Å². The van der Waals surface area contributed by atoms with Gasteiger partial charge >= 0.3 is 0 Å². The van der Waals surface area contributed by atoms with Gasteiger partial charge in [-0.15, -0.1) is 11.3 Å². The first-order chi connectivity index (χ1) is 13.0. The molecule has 0 N–H and O–H groups in total. The van der Waals surface area contributed by atoms with E-state index in [1.165, 1.54) is 43.7 Å². The molecule has 8 heteroatoms. The Labute approximate surface area is 165 Å². The quantitative estimate of drug-likeness (QED) is 0.771. The third kappa shape index (κ3) is 3.72. The Bertz CT molecular complexity index is 889. The highest BCUT2D eigenvalue weighted by Gasteiger charge is 2.33. The predicted octanol–water partition coefficient (Wildman–Crippen LogP) is 3.66. The zero-order valence-corrected chi connectivity index (χ0v) is 17.6. The van der Waals surface area contributed by atoms with Crippen molar-refractivity contribution in [3.63, 3.8) is 0 Å². The minimum absolute atomic E-state index is 0.391. The number of aryl methyl sites for hydroxylation is 1. The molecule has 0 bridgehead atoms. The first-order valence-electron chi connectivity index (χ1n) is 9.74. The van der Waals surface area contributed by atoms with Crippen LogP contribution in [0, 0.1) is 13.8 Å². The van der Waals surface area contributed by atoms with Gasteiger partial charge in [0, 0.05) is 24.7 Å². The average Bonchev–Trinajstić information content (AvgIpc) is 3.31. The lowest BCUT2D eigenvalue weighted by molar-refractivity contribution is 0.118. The molecule has 0 spiro atoms. The SMILES string of the molecule is Cc1noc(-c2ccc(S(=O)(=O)N3CCC(N4CCCCC4)CC3)s2)c1C. The van der Waals surface area contributed by atoms with Crippen LogP contribution in [0.25, 0.3) is 10.6 Å². The highest BCUT2D eigenvalue weighted by molar-refractivity contribution is 7.91. The van der Waals surface area contributed by atoms with Gasteiger partial charge in [0.15, 0.2) is 5.76 Å². The Kier molecular flexibility index (Phi) is 5.42. The van der Waals surface area contributed by atoms with E-state index in [0.29, 0.717) is 29.1 Å². The molecule has 27 heavy (non-hydrogen) atoms. The number of likely N-dealkylation sites (tertiary alicyclic amines) is 1. The van der Waals surface area contributed by atoms with Crippen molar-refractivity contribution >= 4 is 21.4 Å². The molecule has 0 aliphatic carbocycles. The highest BCUT2D eigenvalue weighted by Crippen LogP contribution is 2.35. The van der Waals surface area contributed by atoms with Gasteiger partial charge in [0.05, 0.1) is 10.6 Å². The second-order valence-corrected chi connectivity index (χ2v) is 10.8. The molecule has 6 nitrogen and oxygen atoms in total. The van der Waals surface area contributed by atoms with Gasteiger partial charge in [0.1, 0.15) is 4.21 Å². The second-order valence-electron chi connectivity index (χ2n) is 7.57. The maximum atomic E-state index is 13.1. The van der Waals surface area contributed by atoms with Crippen LogP contribution in [-0.2, 0) is 10.0 Å². The van der Waals surface area contributed by atoms with Crippen molar-refractivity contribution in [2.45, 2.75) is 56.2 Å². The Balaban J connectivity index is 1.45. The predicted molar refractivity (Wildman–Crippen MR) is 106 cm³/mol. The van der Waals surface area contributed by atoms with Crippen LogP contribution in [0.4, 0.5) is 0 Å². The summed E-state index contributed by atoms with van der Waals surface area (Å²) in [5, 5.41) is 3.97. The standard InChI is InChI=1S/C19H27N3O3S2/c1-14-15(2)20-25-19(14)17-6-7-18(26-17)27(23,24)22-12-8-16(9-13-22)21-10-4-3-5-11-21/h6-7,16H,3-5,8-13H2,1-2H3. The van der Waals surface area contributed by atoms with E-state index >= 15 is 0 Å². The van der Waals surface area contributed by atoms with E-state index in [0.717, 1.165) is 29.0 Å². The van der Waals surface area contributed by atoms with Gasteiger partial charge in [-0.1, -0.05) is 11.6 Å². The summed E-state index contributed by atoms with van der Waals surface area (Å²) in [5.41, 5.74) is 1.80. The lowest BCUT2D eigenvalue weighted by atomic mass is 10.0. The van der Waals surface area contributed by atoms with Crippen molar-refractivity contribution in [3.8, 4) is 10.6 Å². The fraction of sp³-hybridized carbons (Fsp3) is 0.632. The molecule has 0 aromatic carbocycles. The third-order valence-corrected chi connectivity index (χ3v) is 9.34. The number of piperidine rings is 2. The molecule has 0 amide bonds. The first-order valence-corrected chi connectivity index (χ1v) is 12.0. The van der Waals surface area contributed by atoms with Crippen LogP contribution in [0.15, 0.2) is 20.9 Å². The van der Waals surface area contributed by atoms with E-state index in [2.05, 4.69) is 10.1 Å². The molecule has 2 saturated heterocycles. The molecule has 148 valence electrons. The van der Waals surface area contributed by atoms with E-state index in [1.807, 2.05) is 19.9 Å². The number of aromatic nitrogens is 1. The smallest absolute Gasteiger partial charge is 0.252 e. The van der Waals surface area contributed by atoms with E-state index < -0.39 is 10.0 Å². The van der Waals surface area contributed by atoms with Crippen molar-refractivity contribution in [1.29, 1.82) is 0 Å². The van der Waals surface area contributed by atoms with Crippen molar-refractivity contribution < 1.29 is 12.9 Å². The molecule has 2 aromatic rings. The van der Waals surface area contributed by atoms with Gasteiger partial charge < -0.3 is 9.42 Å². The fourth-order valence-corrected chi connectivity index (χ4v) is 7.05. The van der Waals surface area contributed by atoms with Crippen molar-refractivity contribution in [2.75, 3.05) is 26.2 Å². The first kappa shape index (κ1) is 19.1. The van der Waals surface area contributed by atoms with Crippen molar-refractivity contribution in [1.82, 2.24) is 14.4 Å². The van der Waals surface area contributed by atoms with Gasteiger partial charge in [-0.2, -0.15) is 4.31 Å². The van der Waals surface area contributed by atoms with Gasteiger partial charge in [-0.25, -0.2) is 8.42 Å². The van der Waals surface area contributed by atoms with Gasteiger partial charge in [-0.3, -0.25) is 0 Å². The number of thiophene rings is 1. The van der Waals surface area contributed by atoms with Crippen molar-refractivity contribution in [3.05, 3.63) is 23.4 Å². The Morgan fingerprint density at radius 2 is 1.78 bits per heavy atom. The number of rotatable bonds is 4. The molecular weight excluding hydrogens is 382 g/mol. The van der Waals surface area contributed by atoms with E-state index in [4.69, 9.17) is 4.52 Å². The molecule has 0 unspecified atom stereocenters. The zero-order valence-electron chi connectivity index (χ0n) is 16.0. The van der Waals surface area contributed by atoms with Gasteiger partial charge in [0.2, 0.25) is 0 Å². The Morgan fingerprint density at radius 3 is 2.41 bits per heavy atom. The van der Waals surface area contributed by atoms with Crippen LogP contribution < -0.4 is 0 Å². The molecule has 2 aromatic heterocycles. The number of nitrogens with zero attached hydrogens (tertiary/aromatic N) is 3. The number of hydrogen-bond acceptors (Lipinski definition) is 6. The second kappa shape index (κ2) is 7.66. The van der Waals surface area contributed by atoms with Gasteiger partial charge in [-0.05, 0) is 64.8 Å². The molecule has 4 rings (SSSR count). The maximum absolute atomic E-state index is 13.1. The summed E-state index contributed by atoms with van der Waals surface area (Å²) in [6, 6.07) is 4.06. The molecule has 0 atom stereocenters. The molecule has 0 saturated carbocycles. The topological polar surface area (TPSA) is 66.7 Å². The summed E-state index contributed by atoms with van der Waals surface area (Å²) in [5.74, 6) is 0.669. The molecule has 2 aliphatic heterocycles. The van der Waals surface area contributed by atoms with Crippen LogP contribution in [-0.4, -0.2) is 55.0 Å². The molecule has 2 aliphatic rings. The van der Waals surface area contributed by atoms with Gasteiger partial charge in [0.25, 0.3) is 10.0 Å². The van der Waals surface area contributed by atoms with Crippen LogP contribution >= 0.6 is 11.3 Å². The molecule has 4 heterocycles. The minimum Gasteiger partial charge on any atom is -0.355 e. The summed E-state index contributed by atoms with van der Waals surface area (Å²) >= 11 is 1.27. The van der Waals surface area contributed by atoms with E-state index in [9.17, 15) is 8.42 Å². The summed E-state index contributed by atoms with van der Waals surface area (Å²) in [7, 11) is -3.44. The Morgan fingerprint density at radius 1 is 1.07 bits per heavy atom. The fourth-order valence-electron chi connectivity index (χ4n) is 4.08. The number of sulfonamides is 1. The van der Waals surface area contributed by atoms with Crippen molar-refractivity contribution in [2.24, 2.45) is 0 Å².